The zero-order chi connectivity index (χ0) is 20.8. The van der Waals surface area contributed by atoms with Crippen LogP contribution in [0.15, 0.2) is 4.99 Å². The lowest BCUT2D eigenvalue weighted by Gasteiger charge is -2.52. The zero-order valence-corrected chi connectivity index (χ0v) is 19.1. The van der Waals surface area contributed by atoms with Gasteiger partial charge >= 0.3 is 0 Å². The molecule has 164 valence electrons. The van der Waals surface area contributed by atoms with Gasteiger partial charge in [-0.3, -0.25) is 4.99 Å². The summed E-state index contributed by atoms with van der Waals surface area (Å²) in [6, 6.07) is 0.582. The van der Waals surface area contributed by atoms with E-state index in [1.807, 2.05) is 6.92 Å². The Balaban J connectivity index is 1.84. The molecule has 0 bridgehead atoms. The molecular weight excluding hydrogens is 376 g/mol. The van der Waals surface area contributed by atoms with Gasteiger partial charge in [0.25, 0.3) is 0 Å². The van der Waals surface area contributed by atoms with Gasteiger partial charge in [-0.15, -0.1) is 0 Å². The number of ether oxygens (including phenoxy) is 1. The van der Waals surface area contributed by atoms with Gasteiger partial charge in [0.05, 0.1) is 11.9 Å². The lowest BCUT2D eigenvalue weighted by Crippen LogP contribution is -2.64. The van der Waals surface area contributed by atoms with Crippen molar-refractivity contribution in [2.24, 2.45) is 10.4 Å². The van der Waals surface area contributed by atoms with Crippen molar-refractivity contribution < 1.29 is 13.2 Å². The highest BCUT2D eigenvalue weighted by molar-refractivity contribution is 7.89. The normalized spacial score (nSPS) is 26.7. The first-order valence-corrected chi connectivity index (χ1v) is 12.5. The number of nitrogens with zero attached hydrogens (tertiary/aromatic N) is 2. The highest BCUT2D eigenvalue weighted by Gasteiger charge is 2.49. The van der Waals surface area contributed by atoms with Crippen LogP contribution >= 0.6 is 0 Å². The van der Waals surface area contributed by atoms with Crippen LogP contribution in [0.2, 0.25) is 0 Å². The molecule has 2 atom stereocenters. The Bertz CT molecular complexity index is 613. The number of hydrogen-bond acceptors (Lipinski definition) is 4. The molecule has 0 amide bonds. The summed E-state index contributed by atoms with van der Waals surface area (Å²) in [7, 11) is -3.08. The van der Waals surface area contributed by atoms with Gasteiger partial charge in [0.15, 0.2) is 5.96 Å². The van der Waals surface area contributed by atoms with Crippen molar-refractivity contribution in [2.45, 2.75) is 84.9 Å². The first-order chi connectivity index (χ1) is 13.2. The lowest BCUT2D eigenvalue weighted by atomic mass is 9.64. The molecule has 1 saturated heterocycles. The van der Waals surface area contributed by atoms with E-state index in [0.717, 1.165) is 44.7 Å². The van der Waals surface area contributed by atoms with Crippen LogP contribution in [0.4, 0.5) is 0 Å². The van der Waals surface area contributed by atoms with Gasteiger partial charge in [-0.05, 0) is 39.5 Å². The number of hydrogen-bond donors (Lipinski definition) is 2. The largest absolute Gasteiger partial charge is 0.378 e. The Morgan fingerprint density at radius 2 is 1.86 bits per heavy atom. The fourth-order valence-corrected chi connectivity index (χ4v) is 5.03. The maximum absolute atomic E-state index is 12.0. The molecule has 0 aromatic carbocycles. The molecule has 7 nitrogen and oxygen atoms in total. The summed E-state index contributed by atoms with van der Waals surface area (Å²) >= 11 is 0. The predicted molar refractivity (Wildman–Crippen MR) is 115 cm³/mol. The van der Waals surface area contributed by atoms with Crippen molar-refractivity contribution in [1.29, 1.82) is 0 Å². The molecule has 1 aliphatic carbocycles. The van der Waals surface area contributed by atoms with E-state index in [1.54, 1.807) is 11.2 Å². The molecule has 1 aliphatic heterocycles. The summed E-state index contributed by atoms with van der Waals surface area (Å²) in [5.74, 6) is 1.01. The van der Waals surface area contributed by atoms with E-state index in [-0.39, 0.29) is 17.2 Å². The Kier molecular flexibility index (Phi) is 8.58. The number of piperidine rings is 1. The van der Waals surface area contributed by atoms with Gasteiger partial charge in [-0.25, -0.2) is 12.7 Å². The Hall–Kier alpha value is -0.860. The minimum absolute atomic E-state index is 0.0719. The fraction of sp³-hybridized carbons (Fsp3) is 0.950. The third kappa shape index (κ3) is 5.83. The first kappa shape index (κ1) is 23.4. The molecule has 1 saturated carbocycles. The molecule has 0 aromatic heterocycles. The summed E-state index contributed by atoms with van der Waals surface area (Å²) < 4.78 is 31.7. The molecule has 0 aromatic rings. The van der Waals surface area contributed by atoms with Gasteiger partial charge < -0.3 is 15.4 Å². The van der Waals surface area contributed by atoms with E-state index in [9.17, 15) is 8.42 Å². The molecule has 0 radical (unpaired) electrons. The molecular formula is C20H40N4O3S. The topological polar surface area (TPSA) is 83.0 Å². The monoisotopic (exact) mass is 416 g/mol. The van der Waals surface area contributed by atoms with Crippen LogP contribution in [-0.2, 0) is 14.8 Å². The van der Waals surface area contributed by atoms with Crippen molar-refractivity contribution in [1.82, 2.24) is 14.9 Å². The average molecular weight is 417 g/mol. The lowest BCUT2D eigenvalue weighted by molar-refractivity contribution is -0.113. The molecule has 1 heterocycles. The van der Waals surface area contributed by atoms with E-state index in [0.29, 0.717) is 31.8 Å². The minimum Gasteiger partial charge on any atom is -0.378 e. The third-order valence-electron chi connectivity index (χ3n) is 6.17. The second-order valence-corrected chi connectivity index (χ2v) is 10.8. The van der Waals surface area contributed by atoms with Crippen LogP contribution in [0, 0.1) is 5.41 Å². The predicted octanol–water partition coefficient (Wildman–Crippen LogP) is 2.34. The summed E-state index contributed by atoms with van der Waals surface area (Å²) in [6.45, 7) is 13.1. The van der Waals surface area contributed by atoms with Crippen LogP contribution in [-0.4, -0.2) is 68.9 Å². The van der Waals surface area contributed by atoms with Gasteiger partial charge in [-0.2, -0.15) is 0 Å². The molecule has 8 heteroatoms. The quantitative estimate of drug-likeness (QED) is 0.342. The standard InChI is InChI=1S/C20H40N4O3S/c1-6-9-14-27-18-15-17(20(18,4)5)23-19(21-7-2)22-16-10-12-24(13-11-16)28(25,26)8-3/h16-18H,6-15H2,1-5H3,(H2,21,22,23). The summed E-state index contributed by atoms with van der Waals surface area (Å²) in [4.78, 5) is 4.61. The smallest absolute Gasteiger partial charge is 0.213 e. The number of nitrogens with one attached hydrogen (secondary N) is 2. The summed E-state index contributed by atoms with van der Waals surface area (Å²) in [5.41, 5.74) is 0.0719. The molecule has 2 rings (SSSR count). The number of guanidine groups is 1. The number of rotatable bonds is 9. The van der Waals surface area contributed by atoms with E-state index in [4.69, 9.17) is 4.74 Å². The Morgan fingerprint density at radius 1 is 1.18 bits per heavy atom. The van der Waals surface area contributed by atoms with Crippen molar-refractivity contribution in [3.63, 3.8) is 0 Å². The second kappa shape index (κ2) is 10.3. The number of unbranched alkanes of at least 4 members (excludes halogenated alkanes) is 1. The second-order valence-electron chi connectivity index (χ2n) is 8.51. The molecule has 2 aliphatic rings. The summed E-state index contributed by atoms with van der Waals surface area (Å²) in [5, 5.41) is 7.12. The van der Waals surface area contributed by atoms with Crippen molar-refractivity contribution in [3.8, 4) is 0 Å². The van der Waals surface area contributed by atoms with E-state index >= 15 is 0 Å². The molecule has 2 N–H and O–H groups in total. The zero-order valence-electron chi connectivity index (χ0n) is 18.3. The average Bonchev–Trinajstić information content (AvgIpc) is 2.67. The fourth-order valence-electron chi connectivity index (χ4n) is 3.89. The van der Waals surface area contributed by atoms with Crippen LogP contribution in [0.5, 0.6) is 0 Å². The minimum atomic E-state index is -3.08. The van der Waals surface area contributed by atoms with Crippen LogP contribution < -0.4 is 10.6 Å². The van der Waals surface area contributed by atoms with Crippen LogP contribution in [0.25, 0.3) is 0 Å². The molecule has 2 fully saturated rings. The maximum Gasteiger partial charge on any atom is 0.213 e. The van der Waals surface area contributed by atoms with Gasteiger partial charge in [-0.1, -0.05) is 27.2 Å². The van der Waals surface area contributed by atoms with Crippen LogP contribution in [0.3, 0.4) is 0 Å². The Morgan fingerprint density at radius 3 is 2.39 bits per heavy atom. The van der Waals surface area contributed by atoms with Crippen molar-refractivity contribution >= 4 is 16.0 Å². The maximum atomic E-state index is 12.0. The highest BCUT2D eigenvalue weighted by atomic mass is 32.2. The van der Waals surface area contributed by atoms with Gasteiger partial charge in [0.1, 0.15) is 0 Å². The number of aliphatic imine (C=N–C) groups is 1. The summed E-state index contributed by atoms with van der Waals surface area (Å²) in [6.07, 6.45) is 5.17. The van der Waals surface area contributed by atoms with Crippen molar-refractivity contribution in [2.75, 3.05) is 32.0 Å². The van der Waals surface area contributed by atoms with Crippen LogP contribution in [0.1, 0.15) is 66.7 Å². The first-order valence-electron chi connectivity index (χ1n) is 10.9. The van der Waals surface area contributed by atoms with Gasteiger partial charge in [0.2, 0.25) is 10.0 Å². The highest BCUT2D eigenvalue weighted by Crippen LogP contribution is 2.42. The SMILES string of the molecule is CCCCOC1CC(NC(=NCC)NC2CCN(S(=O)(=O)CC)CC2)C1(C)C. The Labute approximate surface area is 171 Å². The molecule has 0 spiro atoms. The third-order valence-corrected chi connectivity index (χ3v) is 8.06. The van der Waals surface area contributed by atoms with Crippen molar-refractivity contribution in [3.05, 3.63) is 0 Å². The van der Waals surface area contributed by atoms with E-state index < -0.39 is 10.0 Å². The van der Waals surface area contributed by atoms with E-state index in [1.165, 1.54) is 0 Å². The molecule has 28 heavy (non-hydrogen) atoms. The van der Waals surface area contributed by atoms with Gasteiger partial charge in [0, 0.05) is 43.7 Å². The van der Waals surface area contributed by atoms with E-state index in [2.05, 4.69) is 36.4 Å². The molecule has 2 unspecified atom stereocenters. The number of sulfonamides is 1.